The molecule has 0 aromatic heterocycles. The van der Waals surface area contributed by atoms with E-state index in [4.69, 9.17) is 17.2 Å². The van der Waals surface area contributed by atoms with Crippen molar-refractivity contribution >= 4 is 59.1 Å². The largest absolute Gasteiger partial charge is 0.480 e. The Morgan fingerprint density at radius 2 is 1.35 bits per heavy atom. The summed E-state index contributed by atoms with van der Waals surface area (Å²) in [7, 11) is 0. The molecular formula is C35H62N10O9S. The summed E-state index contributed by atoms with van der Waals surface area (Å²) in [5.74, 6) is -4.77. The predicted molar refractivity (Wildman–Crippen MR) is 207 cm³/mol. The number of hydrogen-bond donors (Lipinski definition) is 9. The minimum absolute atomic E-state index is 0.0336. The molecule has 0 unspecified atom stereocenters. The third-order valence-corrected chi connectivity index (χ3v) is 10.2. The molecule has 2 aliphatic rings. The first-order valence-corrected chi connectivity index (χ1v) is 20.3. The zero-order valence-electron chi connectivity index (χ0n) is 32.6. The molecule has 2 heterocycles. The fraction of sp³-hybridized carbons (Fsp3) is 0.771. The molecule has 19 nitrogen and oxygen atoms in total. The summed E-state index contributed by atoms with van der Waals surface area (Å²) >= 11 is 1.45. The highest BCUT2D eigenvalue weighted by Gasteiger charge is 2.42. The van der Waals surface area contributed by atoms with Gasteiger partial charge in [0, 0.05) is 19.6 Å². The number of nitrogens with two attached hydrogens (primary N) is 3. The average Bonchev–Trinajstić information content (AvgIpc) is 3.82. The number of carboxylic acid groups (broad SMARTS) is 1. The van der Waals surface area contributed by atoms with Gasteiger partial charge < -0.3 is 58.5 Å². The molecule has 2 fully saturated rings. The van der Waals surface area contributed by atoms with Crippen LogP contribution in [0, 0.1) is 11.8 Å². The third kappa shape index (κ3) is 14.4. The van der Waals surface area contributed by atoms with Crippen LogP contribution >= 0.6 is 11.8 Å². The molecule has 0 aromatic rings. The van der Waals surface area contributed by atoms with E-state index >= 15 is 0 Å². The summed E-state index contributed by atoms with van der Waals surface area (Å²) < 4.78 is 0. The number of aliphatic hydroxyl groups excluding tert-OH is 1. The number of nitrogens with zero attached hydrogens (tertiary/aromatic N) is 3. The number of amides is 6. The smallest absolute Gasteiger partial charge is 0.326 e. The molecule has 0 saturated carbocycles. The van der Waals surface area contributed by atoms with Gasteiger partial charge in [0.05, 0.1) is 6.61 Å². The lowest BCUT2D eigenvalue weighted by Gasteiger charge is -2.33. The Hall–Kier alpha value is -4.17. The molecule has 2 saturated heterocycles. The van der Waals surface area contributed by atoms with Gasteiger partial charge in [-0.05, 0) is 75.2 Å². The van der Waals surface area contributed by atoms with E-state index in [2.05, 4.69) is 26.3 Å². The Labute approximate surface area is 327 Å². The topological polar surface area (TPSA) is 305 Å². The van der Waals surface area contributed by atoms with E-state index in [-0.39, 0.29) is 56.7 Å². The van der Waals surface area contributed by atoms with E-state index in [1.807, 2.05) is 20.1 Å². The van der Waals surface area contributed by atoms with Crippen molar-refractivity contribution in [2.24, 2.45) is 34.0 Å². The van der Waals surface area contributed by atoms with Gasteiger partial charge in [-0.25, -0.2) is 4.79 Å². The minimum atomic E-state index is -1.28. The van der Waals surface area contributed by atoms with Crippen molar-refractivity contribution in [3.63, 3.8) is 0 Å². The van der Waals surface area contributed by atoms with Crippen molar-refractivity contribution in [1.82, 2.24) is 31.1 Å². The molecule has 2 rings (SSSR count). The van der Waals surface area contributed by atoms with Gasteiger partial charge in [-0.3, -0.25) is 33.8 Å². The molecule has 12 N–H and O–H groups in total. The van der Waals surface area contributed by atoms with E-state index in [1.165, 1.54) is 21.6 Å². The zero-order chi connectivity index (χ0) is 41.4. The first kappa shape index (κ1) is 47.0. The van der Waals surface area contributed by atoms with Crippen molar-refractivity contribution in [1.29, 1.82) is 0 Å². The maximum Gasteiger partial charge on any atom is 0.326 e. The molecule has 7 atom stereocenters. The van der Waals surface area contributed by atoms with Crippen LogP contribution in [0.2, 0.25) is 0 Å². The number of aliphatic imine (C=N–C) groups is 1. The molecule has 20 heteroatoms. The molecule has 312 valence electrons. The number of guanidine groups is 1. The molecule has 55 heavy (non-hydrogen) atoms. The van der Waals surface area contributed by atoms with Crippen molar-refractivity contribution in [2.75, 3.05) is 38.2 Å². The van der Waals surface area contributed by atoms with Gasteiger partial charge in [-0.1, -0.05) is 27.7 Å². The normalized spacial score (nSPS) is 19.6. The summed E-state index contributed by atoms with van der Waals surface area (Å²) in [5, 5.41) is 29.6. The quantitative estimate of drug-likeness (QED) is 0.0320. The molecule has 2 aliphatic heterocycles. The molecular weight excluding hydrogens is 737 g/mol. The number of aliphatic carboxylic acids is 1. The second-order valence-corrected chi connectivity index (χ2v) is 15.8. The van der Waals surface area contributed by atoms with Crippen LogP contribution in [0.5, 0.6) is 0 Å². The van der Waals surface area contributed by atoms with Gasteiger partial charge in [0.2, 0.25) is 35.4 Å². The van der Waals surface area contributed by atoms with Crippen LogP contribution in [0.1, 0.15) is 79.1 Å². The monoisotopic (exact) mass is 798 g/mol. The number of carbonyl (C=O) groups is 7. The van der Waals surface area contributed by atoms with Crippen molar-refractivity contribution in [3.05, 3.63) is 0 Å². The van der Waals surface area contributed by atoms with Gasteiger partial charge >= 0.3 is 5.97 Å². The fourth-order valence-corrected chi connectivity index (χ4v) is 7.10. The Balaban J connectivity index is 2.27. The van der Waals surface area contributed by atoms with E-state index in [1.54, 1.807) is 13.8 Å². The summed E-state index contributed by atoms with van der Waals surface area (Å²) in [6.07, 6.45) is 4.36. The number of carboxylic acids is 1. The van der Waals surface area contributed by atoms with Crippen LogP contribution in [0.3, 0.4) is 0 Å². The highest BCUT2D eigenvalue weighted by molar-refractivity contribution is 7.98. The van der Waals surface area contributed by atoms with Gasteiger partial charge in [0.15, 0.2) is 5.96 Å². The fourth-order valence-electron chi connectivity index (χ4n) is 6.63. The van der Waals surface area contributed by atoms with Crippen LogP contribution in [0.25, 0.3) is 0 Å². The summed E-state index contributed by atoms with van der Waals surface area (Å²) in [6.45, 7) is 7.13. The highest BCUT2D eigenvalue weighted by atomic mass is 32.2. The SMILES string of the molecule is CSCC[C@H](NC(=O)[C@H](CCCN=C(N)N)NC(=O)[C@@H](N)CO)C(=O)N1CCC[C@H]1C(=O)N[C@@H](CC(C)C)C(=O)N1CCC[C@H]1C(=O)N[C@H](C(=O)O)C(C)C. The van der Waals surface area contributed by atoms with E-state index in [0.29, 0.717) is 37.9 Å². The van der Waals surface area contributed by atoms with Crippen molar-refractivity contribution in [3.8, 4) is 0 Å². The number of rotatable bonds is 22. The maximum absolute atomic E-state index is 14.1. The first-order chi connectivity index (χ1) is 25.9. The van der Waals surface area contributed by atoms with Crippen LogP contribution in [-0.2, 0) is 33.6 Å². The lowest BCUT2D eigenvalue weighted by molar-refractivity contribution is -0.146. The Bertz CT molecular complexity index is 1380. The van der Waals surface area contributed by atoms with E-state index in [0.717, 1.165) is 0 Å². The highest BCUT2D eigenvalue weighted by Crippen LogP contribution is 2.24. The van der Waals surface area contributed by atoms with Gasteiger partial charge in [0.25, 0.3) is 0 Å². The van der Waals surface area contributed by atoms with Gasteiger partial charge in [-0.2, -0.15) is 11.8 Å². The number of aliphatic hydroxyl groups is 1. The predicted octanol–water partition coefficient (Wildman–Crippen LogP) is -2.18. The molecule has 0 radical (unpaired) electrons. The molecule has 6 amide bonds. The summed E-state index contributed by atoms with van der Waals surface area (Å²) in [4.78, 5) is 99.9. The van der Waals surface area contributed by atoms with E-state index in [9.17, 15) is 43.8 Å². The number of nitrogens with one attached hydrogen (secondary N) is 4. The molecule has 0 aliphatic carbocycles. The van der Waals surface area contributed by atoms with Crippen LogP contribution in [-0.4, -0.2) is 148 Å². The zero-order valence-corrected chi connectivity index (χ0v) is 33.4. The number of thioether (sulfide) groups is 1. The summed E-state index contributed by atoms with van der Waals surface area (Å²) in [5.41, 5.74) is 16.5. The Morgan fingerprint density at radius 1 is 0.800 bits per heavy atom. The van der Waals surface area contributed by atoms with Crippen LogP contribution in [0.15, 0.2) is 4.99 Å². The van der Waals surface area contributed by atoms with Crippen molar-refractivity contribution in [2.45, 2.75) is 121 Å². The maximum atomic E-state index is 14.1. The minimum Gasteiger partial charge on any atom is -0.480 e. The molecule has 0 aromatic carbocycles. The van der Waals surface area contributed by atoms with Gasteiger partial charge in [-0.15, -0.1) is 0 Å². The Morgan fingerprint density at radius 3 is 1.84 bits per heavy atom. The third-order valence-electron chi connectivity index (χ3n) is 9.57. The Kier molecular flexibility index (Phi) is 19.7. The van der Waals surface area contributed by atoms with E-state index < -0.39 is 90.3 Å². The van der Waals surface area contributed by atoms with Crippen molar-refractivity contribution < 1.29 is 43.8 Å². The second kappa shape index (κ2) is 23.0. The standard InChI is InChI=1S/C35H62N10O9S/c1-19(2)17-24(33(52)45-15-8-11-26(45)31(50)43-27(20(3)4)34(53)54)42-30(49)25-10-7-14-44(25)32(51)23(12-16-55-5)41-29(48)22(9-6-13-39-35(37)38)40-28(47)21(36)18-46/h19-27,46H,6-18,36H2,1-5H3,(H,40,47)(H,41,48)(H,42,49)(H,43,50)(H,53,54)(H4,37,38,39)/t21-,22-,23-,24-,25-,26-,27-/m0/s1. The lowest BCUT2D eigenvalue weighted by Crippen LogP contribution is -2.59. The summed E-state index contributed by atoms with van der Waals surface area (Å²) in [6, 6.07) is -7.46. The number of likely N-dealkylation sites (tertiary alicyclic amines) is 2. The lowest BCUT2D eigenvalue weighted by atomic mass is 10.0. The van der Waals surface area contributed by atoms with Crippen LogP contribution < -0.4 is 38.5 Å². The second-order valence-electron chi connectivity index (χ2n) is 14.8. The molecule has 0 bridgehead atoms. The van der Waals surface area contributed by atoms with Crippen LogP contribution in [0.4, 0.5) is 0 Å². The molecule has 0 spiro atoms. The van der Waals surface area contributed by atoms with Gasteiger partial charge in [0.1, 0.15) is 42.3 Å². The number of carbonyl (C=O) groups excluding carboxylic acids is 6. The number of hydrogen-bond acceptors (Lipinski definition) is 11. The average molecular weight is 799 g/mol. The first-order valence-electron chi connectivity index (χ1n) is 18.9.